The molecule has 0 fully saturated rings. The normalized spacial score (nSPS) is 11.2. The van der Waals surface area contributed by atoms with Crippen LogP contribution in [0.15, 0.2) is 0 Å². The molecule has 0 spiro atoms. The number of hydrogen-bond donors (Lipinski definition) is 0. The molecule has 0 saturated carbocycles. The van der Waals surface area contributed by atoms with E-state index < -0.39 is 0 Å². The maximum Gasteiger partial charge on any atom is 0.320 e. The quantitative estimate of drug-likeness (QED) is 0.725. The summed E-state index contributed by atoms with van der Waals surface area (Å²) in [5, 5.41) is 0. The van der Waals surface area contributed by atoms with Crippen LogP contribution < -0.4 is 0 Å². The van der Waals surface area contributed by atoms with E-state index in [1.165, 1.54) is 0 Å². The lowest BCUT2D eigenvalue weighted by molar-refractivity contribution is -0.141. The van der Waals surface area contributed by atoms with Crippen molar-refractivity contribution < 1.29 is 7.86 Å². The van der Waals surface area contributed by atoms with E-state index in [0.29, 0.717) is 0 Å². The molecule has 2 nitrogen and oxygen atoms in total. The van der Waals surface area contributed by atoms with Gasteiger partial charge in [0, 0.05) is 0 Å². The van der Waals surface area contributed by atoms with Gasteiger partial charge in [0.15, 0.2) is 23.0 Å². The topological polar surface area (TPSA) is 26.3 Å². The van der Waals surface area contributed by atoms with Crippen LogP contribution >= 0.6 is 23.0 Å². The molecule has 0 amide bonds. The van der Waals surface area contributed by atoms with E-state index in [1.54, 1.807) is 23.0 Å². The molecule has 0 saturated heterocycles. The lowest BCUT2D eigenvalue weighted by Gasteiger charge is -2.18. The van der Waals surface area contributed by atoms with Crippen molar-refractivity contribution in [3.05, 3.63) is 0 Å². The molecule has 3 heteroatoms. The van der Waals surface area contributed by atoms with Crippen molar-refractivity contribution >= 4 is 29.0 Å². The highest BCUT2D eigenvalue weighted by molar-refractivity contribution is 14.1. The minimum absolute atomic E-state index is 0.130. The van der Waals surface area contributed by atoms with Crippen molar-refractivity contribution in [2.75, 3.05) is 0 Å². The van der Waals surface area contributed by atoms with E-state index in [-0.39, 0.29) is 11.4 Å². The Kier molecular flexibility index (Phi) is 4.24. The minimum atomic E-state index is -0.310. The van der Waals surface area contributed by atoms with Gasteiger partial charge in [0.2, 0.25) is 0 Å². The molecule has 0 unspecified atom stereocenters. The molecule has 0 aliphatic carbocycles. The molecule has 0 aromatic carbocycles. The number of carbonyl (C=O) groups excluding carboxylic acids is 1. The maximum absolute atomic E-state index is 11.0. The van der Waals surface area contributed by atoms with Gasteiger partial charge in [-0.15, -0.1) is 0 Å². The summed E-state index contributed by atoms with van der Waals surface area (Å²) in [7, 11) is 0. The molecule has 0 heterocycles. The average molecular weight is 256 g/mol. The molecule has 0 radical (unpaired) electrons. The molecular formula is C7H13IO2. The van der Waals surface area contributed by atoms with E-state index in [0.717, 1.165) is 12.8 Å². The zero-order chi connectivity index (χ0) is 8.20. The predicted molar refractivity (Wildman–Crippen MR) is 48.8 cm³/mol. The van der Waals surface area contributed by atoms with Crippen LogP contribution in [-0.2, 0) is 7.86 Å². The second-order valence-electron chi connectivity index (χ2n) is 3.00. The third-order valence-electron chi connectivity index (χ3n) is 1.50. The second-order valence-corrected chi connectivity index (χ2v) is 3.44. The molecule has 0 rings (SSSR count). The van der Waals surface area contributed by atoms with E-state index in [2.05, 4.69) is 9.99 Å². The highest BCUT2D eigenvalue weighted by Crippen LogP contribution is 2.24. The SMILES string of the molecule is CCCC(C)(C)C(=O)OI. The Balaban J connectivity index is 3.96. The zero-order valence-electron chi connectivity index (χ0n) is 6.61. The monoisotopic (exact) mass is 256 g/mol. The molecule has 10 heavy (non-hydrogen) atoms. The lowest BCUT2D eigenvalue weighted by atomic mass is 9.88. The van der Waals surface area contributed by atoms with E-state index in [4.69, 9.17) is 0 Å². The molecule has 0 aromatic rings. The number of hydrogen-bond acceptors (Lipinski definition) is 2. The van der Waals surface area contributed by atoms with Gasteiger partial charge < -0.3 is 3.07 Å². The summed E-state index contributed by atoms with van der Waals surface area (Å²) < 4.78 is 4.60. The van der Waals surface area contributed by atoms with Gasteiger partial charge in [0.25, 0.3) is 0 Å². The number of halogens is 1. The Morgan fingerprint density at radius 2 is 2.10 bits per heavy atom. The van der Waals surface area contributed by atoms with Crippen LogP contribution in [0.4, 0.5) is 0 Å². The van der Waals surface area contributed by atoms with Gasteiger partial charge in [-0.1, -0.05) is 13.3 Å². The van der Waals surface area contributed by atoms with E-state index in [9.17, 15) is 4.79 Å². The highest BCUT2D eigenvalue weighted by Gasteiger charge is 2.27. The third-order valence-corrected chi connectivity index (χ3v) is 1.90. The van der Waals surface area contributed by atoms with Gasteiger partial charge in [-0.3, -0.25) is 4.79 Å². The summed E-state index contributed by atoms with van der Waals surface area (Å²) in [4.78, 5) is 11.0. The Labute approximate surface area is 76.0 Å². The fourth-order valence-corrected chi connectivity index (χ4v) is 1.43. The van der Waals surface area contributed by atoms with Crippen LogP contribution in [0, 0.1) is 5.41 Å². The highest BCUT2D eigenvalue weighted by atomic mass is 127. The molecule has 0 N–H and O–H groups in total. The van der Waals surface area contributed by atoms with Gasteiger partial charge in [-0.05, 0) is 20.3 Å². The molecule has 0 aliphatic heterocycles. The van der Waals surface area contributed by atoms with Gasteiger partial charge in [-0.25, -0.2) is 0 Å². The Hall–Kier alpha value is 0.200. The Morgan fingerprint density at radius 1 is 1.60 bits per heavy atom. The van der Waals surface area contributed by atoms with Crippen LogP contribution in [-0.4, -0.2) is 5.97 Å². The van der Waals surface area contributed by atoms with Crippen LogP contribution in [0.5, 0.6) is 0 Å². The first-order chi connectivity index (χ1) is 4.54. The maximum atomic E-state index is 11.0. The summed E-state index contributed by atoms with van der Waals surface area (Å²) >= 11 is 1.63. The van der Waals surface area contributed by atoms with Crippen LogP contribution in [0.2, 0.25) is 0 Å². The first-order valence-electron chi connectivity index (χ1n) is 3.37. The lowest BCUT2D eigenvalue weighted by Crippen LogP contribution is -2.23. The molecule has 60 valence electrons. The summed E-state index contributed by atoms with van der Waals surface area (Å²) in [6.07, 6.45) is 1.90. The van der Waals surface area contributed by atoms with E-state index in [1.807, 2.05) is 13.8 Å². The first-order valence-corrected chi connectivity index (χ1v) is 4.25. The van der Waals surface area contributed by atoms with Crippen molar-refractivity contribution in [3.63, 3.8) is 0 Å². The van der Waals surface area contributed by atoms with Gasteiger partial charge in [0.1, 0.15) is 0 Å². The summed E-state index contributed by atoms with van der Waals surface area (Å²) in [6.45, 7) is 5.86. The molecule has 0 bridgehead atoms. The van der Waals surface area contributed by atoms with Crippen molar-refractivity contribution in [2.45, 2.75) is 33.6 Å². The van der Waals surface area contributed by atoms with Gasteiger partial charge >= 0.3 is 5.97 Å². The van der Waals surface area contributed by atoms with Crippen molar-refractivity contribution in [1.29, 1.82) is 0 Å². The van der Waals surface area contributed by atoms with Crippen molar-refractivity contribution in [2.24, 2.45) is 5.41 Å². The number of rotatable bonds is 3. The minimum Gasteiger partial charge on any atom is -0.394 e. The number of carbonyl (C=O) groups is 1. The standard InChI is InChI=1S/C7H13IO2/c1-4-5-7(2,3)6(9)10-8/h4-5H2,1-3H3. The fraction of sp³-hybridized carbons (Fsp3) is 0.857. The van der Waals surface area contributed by atoms with Crippen LogP contribution in [0.3, 0.4) is 0 Å². The van der Waals surface area contributed by atoms with Crippen LogP contribution in [0.1, 0.15) is 33.6 Å². The van der Waals surface area contributed by atoms with Gasteiger partial charge in [0.05, 0.1) is 5.41 Å². The molecular weight excluding hydrogens is 243 g/mol. The zero-order valence-corrected chi connectivity index (χ0v) is 8.77. The van der Waals surface area contributed by atoms with Crippen molar-refractivity contribution in [1.82, 2.24) is 0 Å². The molecule has 0 aromatic heterocycles. The molecule has 0 atom stereocenters. The summed E-state index contributed by atoms with van der Waals surface area (Å²) in [5.74, 6) is -0.130. The van der Waals surface area contributed by atoms with Gasteiger partial charge in [-0.2, -0.15) is 0 Å². The first kappa shape index (κ1) is 10.2. The smallest absolute Gasteiger partial charge is 0.320 e. The third kappa shape index (κ3) is 2.86. The second kappa shape index (κ2) is 4.16. The molecule has 0 aliphatic rings. The van der Waals surface area contributed by atoms with E-state index >= 15 is 0 Å². The van der Waals surface area contributed by atoms with Crippen LogP contribution in [0.25, 0.3) is 0 Å². The van der Waals surface area contributed by atoms with Crippen molar-refractivity contribution in [3.8, 4) is 0 Å². The largest absolute Gasteiger partial charge is 0.394 e. The summed E-state index contributed by atoms with van der Waals surface area (Å²) in [6, 6.07) is 0. The Morgan fingerprint density at radius 3 is 2.40 bits per heavy atom. The average Bonchev–Trinajstić information content (AvgIpc) is 1.86. The summed E-state index contributed by atoms with van der Waals surface area (Å²) in [5.41, 5.74) is -0.310. The fourth-order valence-electron chi connectivity index (χ4n) is 0.831. The Bertz CT molecular complexity index is 121. The predicted octanol–water partition coefficient (Wildman–Crippen LogP) is 2.71.